The summed E-state index contributed by atoms with van der Waals surface area (Å²) in [4.78, 5) is 36.5. The molecule has 0 radical (unpaired) electrons. The van der Waals surface area contributed by atoms with Crippen LogP contribution in [0.3, 0.4) is 0 Å². The van der Waals surface area contributed by atoms with Gasteiger partial charge in [0.25, 0.3) is 11.1 Å². The first-order valence-electron chi connectivity index (χ1n) is 6.42. The summed E-state index contributed by atoms with van der Waals surface area (Å²) in [5, 5.41) is 9.84. The molecule has 0 aromatic heterocycles. The van der Waals surface area contributed by atoms with Crippen LogP contribution in [0.2, 0.25) is 5.02 Å². The van der Waals surface area contributed by atoms with Crippen LogP contribution in [0.25, 0.3) is 6.08 Å². The number of hydrogen-bond donors (Lipinski definition) is 1. The van der Waals surface area contributed by atoms with Gasteiger partial charge in [-0.25, -0.2) is 0 Å². The minimum Gasteiger partial charge on any atom is -0.506 e. The summed E-state index contributed by atoms with van der Waals surface area (Å²) in [6, 6.07) is 3.06. The Balaban J connectivity index is 2.27. The molecule has 2 amide bonds. The number of ether oxygens (including phenoxy) is 1. The normalized spacial score (nSPS) is 16.3. The van der Waals surface area contributed by atoms with Gasteiger partial charge in [0.15, 0.2) is 0 Å². The molecule has 2 rings (SSSR count). The highest BCUT2D eigenvalue weighted by atomic mass is 127. The van der Waals surface area contributed by atoms with Crippen molar-refractivity contribution in [2.45, 2.75) is 6.92 Å². The smallest absolute Gasteiger partial charge is 0.326 e. The molecule has 23 heavy (non-hydrogen) atoms. The van der Waals surface area contributed by atoms with E-state index in [1.54, 1.807) is 13.0 Å². The number of amides is 2. The van der Waals surface area contributed by atoms with Crippen LogP contribution in [0.1, 0.15) is 12.5 Å². The number of aromatic hydroxyl groups is 1. The highest BCUT2D eigenvalue weighted by Crippen LogP contribution is 2.36. The maximum absolute atomic E-state index is 12.2. The summed E-state index contributed by atoms with van der Waals surface area (Å²) < 4.78 is 5.25. The van der Waals surface area contributed by atoms with Gasteiger partial charge in [0, 0.05) is 10.6 Å². The lowest BCUT2D eigenvalue weighted by Crippen LogP contribution is -2.34. The van der Waals surface area contributed by atoms with Crippen LogP contribution in [0.4, 0.5) is 4.79 Å². The predicted octanol–water partition coefficient (Wildman–Crippen LogP) is 3.25. The van der Waals surface area contributed by atoms with Crippen LogP contribution in [-0.2, 0) is 14.3 Å². The highest BCUT2D eigenvalue weighted by molar-refractivity contribution is 14.1. The fourth-order valence-corrected chi connectivity index (χ4v) is 3.70. The van der Waals surface area contributed by atoms with Crippen LogP contribution in [0.5, 0.6) is 5.75 Å². The molecule has 0 bridgehead atoms. The van der Waals surface area contributed by atoms with Gasteiger partial charge in [0.05, 0.1) is 15.1 Å². The third kappa shape index (κ3) is 4.18. The zero-order chi connectivity index (χ0) is 17.1. The Kier molecular flexibility index (Phi) is 5.93. The molecule has 0 atom stereocenters. The highest BCUT2D eigenvalue weighted by Gasteiger charge is 2.36. The lowest BCUT2D eigenvalue weighted by atomic mass is 10.2. The molecule has 122 valence electrons. The second-order valence-electron chi connectivity index (χ2n) is 4.40. The topological polar surface area (TPSA) is 83.9 Å². The van der Waals surface area contributed by atoms with E-state index in [2.05, 4.69) is 0 Å². The maximum Gasteiger partial charge on any atom is 0.326 e. The largest absolute Gasteiger partial charge is 0.506 e. The molecule has 1 heterocycles. The molecule has 0 unspecified atom stereocenters. The van der Waals surface area contributed by atoms with E-state index < -0.39 is 23.7 Å². The van der Waals surface area contributed by atoms with Crippen molar-refractivity contribution in [3.63, 3.8) is 0 Å². The molecule has 1 saturated heterocycles. The van der Waals surface area contributed by atoms with Crippen molar-refractivity contribution in [3.8, 4) is 5.75 Å². The van der Waals surface area contributed by atoms with E-state index in [0.29, 0.717) is 25.9 Å². The van der Waals surface area contributed by atoms with Crippen molar-refractivity contribution < 1.29 is 24.2 Å². The zero-order valence-corrected chi connectivity index (χ0v) is 15.6. The average molecular weight is 468 g/mol. The number of carbonyl (C=O) groups is 3. The molecule has 1 fully saturated rings. The lowest BCUT2D eigenvalue weighted by Gasteiger charge is -2.10. The molecule has 1 aromatic carbocycles. The van der Waals surface area contributed by atoms with Gasteiger partial charge in [-0.1, -0.05) is 11.6 Å². The summed E-state index contributed by atoms with van der Waals surface area (Å²) in [6.07, 6.45) is 1.37. The van der Waals surface area contributed by atoms with Crippen LogP contribution in [-0.4, -0.2) is 40.3 Å². The Morgan fingerprint density at radius 3 is 2.83 bits per heavy atom. The molecule has 1 aromatic rings. The quantitative estimate of drug-likeness (QED) is 0.416. The van der Waals surface area contributed by atoms with Gasteiger partial charge in [0.1, 0.15) is 12.3 Å². The average Bonchev–Trinajstić information content (AvgIpc) is 2.72. The number of esters is 1. The van der Waals surface area contributed by atoms with E-state index in [4.69, 9.17) is 16.3 Å². The number of halogens is 2. The van der Waals surface area contributed by atoms with E-state index in [1.165, 1.54) is 12.1 Å². The summed E-state index contributed by atoms with van der Waals surface area (Å²) in [6.45, 7) is 1.36. The number of rotatable bonds is 4. The van der Waals surface area contributed by atoms with Crippen molar-refractivity contribution >= 4 is 69.1 Å². The SMILES string of the molecule is CCOC(=O)CN1C(=O)S/C(=C/c2cc(Cl)cc(I)c2O)C1=O. The number of phenols is 1. The number of thioether (sulfide) groups is 1. The number of imide groups is 1. The number of phenolic OH excluding ortho intramolecular Hbond substituents is 1. The Hall–Kier alpha value is -1.26. The standard InChI is InChI=1S/C14H11ClINO5S/c1-2-22-11(18)6-17-13(20)10(23-14(17)21)4-7-3-8(15)5-9(16)12(7)19/h3-5,19H,2,6H2,1H3/b10-4+. The zero-order valence-electron chi connectivity index (χ0n) is 11.8. The Morgan fingerprint density at radius 1 is 1.48 bits per heavy atom. The lowest BCUT2D eigenvalue weighted by molar-refractivity contribution is -0.145. The van der Waals surface area contributed by atoms with Crippen molar-refractivity contribution in [2.75, 3.05) is 13.2 Å². The minimum atomic E-state index is -0.656. The summed E-state index contributed by atoms with van der Waals surface area (Å²) >= 11 is 8.53. The molecule has 0 aliphatic carbocycles. The predicted molar refractivity (Wildman–Crippen MR) is 95.1 cm³/mol. The van der Waals surface area contributed by atoms with Crippen LogP contribution in [0.15, 0.2) is 17.0 Å². The van der Waals surface area contributed by atoms with Gasteiger partial charge in [-0.05, 0) is 59.5 Å². The second-order valence-corrected chi connectivity index (χ2v) is 6.99. The van der Waals surface area contributed by atoms with Crippen LogP contribution >= 0.6 is 46.0 Å². The monoisotopic (exact) mass is 467 g/mol. The van der Waals surface area contributed by atoms with Gasteiger partial charge in [0.2, 0.25) is 0 Å². The molecule has 0 saturated carbocycles. The summed E-state index contributed by atoms with van der Waals surface area (Å²) in [5.74, 6) is -1.30. The van der Waals surface area contributed by atoms with E-state index >= 15 is 0 Å². The van der Waals surface area contributed by atoms with Crippen molar-refractivity contribution in [1.29, 1.82) is 0 Å². The van der Waals surface area contributed by atoms with Gasteiger partial charge in [-0.15, -0.1) is 0 Å². The number of hydrogen-bond acceptors (Lipinski definition) is 6. The molecule has 1 aliphatic rings. The van der Waals surface area contributed by atoms with Crippen molar-refractivity contribution in [2.24, 2.45) is 0 Å². The van der Waals surface area contributed by atoms with Crippen molar-refractivity contribution in [3.05, 3.63) is 31.2 Å². The van der Waals surface area contributed by atoms with Crippen LogP contribution < -0.4 is 0 Å². The van der Waals surface area contributed by atoms with E-state index in [9.17, 15) is 19.5 Å². The minimum absolute atomic E-state index is 0.0350. The fourth-order valence-electron chi connectivity index (χ4n) is 1.81. The number of nitrogens with zero attached hydrogens (tertiary/aromatic N) is 1. The third-order valence-electron chi connectivity index (χ3n) is 2.81. The first-order chi connectivity index (χ1) is 10.8. The Bertz CT molecular complexity index is 721. The molecule has 6 nitrogen and oxygen atoms in total. The van der Waals surface area contributed by atoms with Crippen molar-refractivity contribution in [1.82, 2.24) is 4.90 Å². The van der Waals surface area contributed by atoms with Gasteiger partial charge >= 0.3 is 5.97 Å². The Morgan fingerprint density at radius 2 is 2.17 bits per heavy atom. The first-order valence-corrected chi connectivity index (χ1v) is 8.69. The van der Waals surface area contributed by atoms with Gasteiger partial charge in [-0.3, -0.25) is 19.3 Å². The number of carbonyl (C=O) groups excluding carboxylic acids is 3. The summed E-state index contributed by atoms with van der Waals surface area (Å²) in [7, 11) is 0. The maximum atomic E-state index is 12.2. The molecule has 1 aliphatic heterocycles. The van der Waals surface area contributed by atoms with E-state index in [0.717, 1.165) is 4.90 Å². The molecular weight excluding hydrogens is 457 g/mol. The van der Waals surface area contributed by atoms with E-state index in [1.807, 2.05) is 22.6 Å². The molecule has 9 heteroatoms. The number of benzene rings is 1. The fraction of sp³-hybridized carbons (Fsp3) is 0.214. The van der Waals surface area contributed by atoms with E-state index in [-0.39, 0.29) is 17.3 Å². The second kappa shape index (κ2) is 7.54. The van der Waals surface area contributed by atoms with Crippen LogP contribution in [0, 0.1) is 3.57 Å². The molecule has 0 spiro atoms. The molecular formula is C14H11ClINO5S. The van der Waals surface area contributed by atoms with Gasteiger partial charge < -0.3 is 9.84 Å². The van der Waals surface area contributed by atoms with Gasteiger partial charge in [-0.2, -0.15) is 0 Å². The third-order valence-corrected chi connectivity index (χ3v) is 4.76. The molecule has 1 N–H and O–H groups in total. The first kappa shape index (κ1) is 18.1. The Labute approximate surface area is 154 Å². The summed E-state index contributed by atoms with van der Waals surface area (Å²) in [5.41, 5.74) is 0.323.